The minimum atomic E-state index is 0.743. The first kappa shape index (κ1) is 15.3. The second-order valence-corrected chi connectivity index (χ2v) is 4.74. The summed E-state index contributed by atoms with van der Waals surface area (Å²) in [5.74, 6) is 1.59. The van der Waals surface area contributed by atoms with Gasteiger partial charge < -0.3 is 15.4 Å². The van der Waals surface area contributed by atoms with E-state index in [4.69, 9.17) is 4.74 Å². The van der Waals surface area contributed by atoms with Crippen molar-refractivity contribution in [1.82, 2.24) is 9.97 Å². The van der Waals surface area contributed by atoms with E-state index in [0.29, 0.717) is 0 Å². The molecule has 0 amide bonds. The number of aryl methyl sites for hydroxylation is 1. The minimum Gasteiger partial charge on any atom is -0.385 e. The van der Waals surface area contributed by atoms with Gasteiger partial charge in [0.2, 0.25) is 0 Å². The molecule has 0 aliphatic rings. The van der Waals surface area contributed by atoms with Crippen LogP contribution in [-0.4, -0.2) is 30.2 Å². The molecule has 5 nitrogen and oxygen atoms in total. The van der Waals surface area contributed by atoms with Gasteiger partial charge in [-0.05, 0) is 30.5 Å². The fourth-order valence-electron chi connectivity index (χ4n) is 1.93. The Balaban J connectivity index is 1.93. The first-order chi connectivity index (χ1) is 10.3. The predicted octanol–water partition coefficient (Wildman–Crippen LogP) is 3.23. The highest BCUT2D eigenvalue weighted by Gasteiger charge is 2.00. The number of ether oxygens (including phenoxy) is 1. The molecule has 0 radical (unpaired) electrons. The van der Waals surface area contributed by atoms with Crippen LogP contribution < -0.4 is 10.6 Å². The van der Waals surface area contributed by atoms with E-state index in [1.54, 1.807) is 13.4 Å². The number of anilines is 3. The van der Waals surface area contributed by atoms with Gasteiger partial charge in [0.1, 0.15) is 18.0 Å². The van der Waals surface area contributed by atoms with E-state index in [1.165, 1.54) is 5.56 Å². The smallest absolute Gasteiger partial charge is 0.135 e. The summed E-state index contributed by atoms with van der Waals surface area (Å²) in [5.41, 5.74) is 2.35. The van der Waals surface area contributed by atoms with Crippen molar-refractivity contribution in [3.63, 3.8) is 0 Å². The maximum Gasteiger partial charge on any atom is 0.135 e. The Kier molecular flexibility index (Phi) is 5.97. The molecule has 0 saturated carbocycles. The van der Waals surface area contributed by atoms with Gasteiger partial charge >= 0.3 is 0 Å². The molecule has 2 N–H and O–H groups in total. The fraction of sp³-hybridized carbons (Fsp3) is 0.375. The number of rotatable bonds is 8. The maximum atomic E-state index is 5.02. The van der Waals surface area contributed by atoms with Crippen LogP contribution in [0.5, 0.6) is 0 Å². The number of nitrogens with one attached hydrogen (secondary N) is 2. The highest BCUT2D eigenvalue weighted by Crippen LogP contribution is 2.17. The zero-order chi connectivity index (χ0) is 14.9. The quantitative estimate of drug-likeness (QED) is 0.730. The standard InChI is InChI=1S/C16H22N4O/c1-3-13-5-7-14(8-6-13)20-16-11-15(18-12-19-16)17-9-4-10-21-2/h5-8,11-12H,3-4,9-10H2,1-2H3,(H2,17,18,19,20). The molecule has 0 atom stereocenters. The van der Waals surface area contributed by atoms with Gasteiger partial charge in [-0.3, -0.25) is 0 Å². The summed E-state index contributed by atoms with van der Waals surface area (Å²) in [5, 5.41) is 6.53. The molecule has 0 bridgehead atoms. The van der Waals surface area contributed by atoms with Crippen LogP contribution in [0.1, 0.15) is 18.9 Å². The van der Waals surface area contributed by atoms with E-state index in [9.17, 15) is 0 Å². The van der Waals surface area contributed by atoms with Gasteiger partial charge in [-0.25, -0.2) is 9.97 Å². The van der Waals surface area contributed by atoms with Gasteiger partial charge in [-0.15, -0.1) is 0 Å². The van der Waals surface area contributed by atoms with Gasteiger partial charge in [-0.2, -0.15) is 0 Å². The molecule has 2 aromatic rings. The lowest BCUT2D eigenvalue weighted by Crippen LogP contribution is -2.06. The lowest BCUT2D eigenvalue weighted by atomic mass is 10.1. The van der Waals surface area contributed by atoms with Crippen LogP contribution in [0.2, 0.25) is 0 Å². The summed E-state index contributed by atoms with van der Waals surface area (Å²) in [6, 6.07) is 10.3. The zero-order valence-electron chi connectivity index (χ0n) is 12.6. The largest absolute Gasteiger partial charge is 0.385 e. The molecule has 0 saturated heterocycles. The average molecular weight is 286 g/mol. The fourth-order valence-corrected chi connectivity index (χ4v) is 1.93. The van der Waals surface area contributed by atoms with Crippen molar-refractivity contribution < 1.29 is 4.74 Å². The van der Waals surface area contributed by atoms with E-state index in [0.717, 1.165) is 43.3 Å². The Hall–Kier alpha value is -2.14. The lowest BCUT2D eigenvalue weighted by Gasteiger charge is -2.09. The Morgan fingerprint density at radius 3 is 2.57 bits per heavy atom. The Bertz CT molecular complexity index is 542. The lowest BCUT2D eigenvalue weighted by molar-refractivity contribution is 0.198. The molecule has 112 valence electrons. The first-order valence-electron chi connectivity index (χ1n) is 7.22. The van der Waals surface area contributed by atoms with Gasteiger partial charge in [0, 0.05) is 32.0 Å². The Morgan fingerprint density at radius 1 is 1.10 bits per heavy atom. The highest BCUT2D eigenvalue weighted by molar-refractivity contribution is 5.59. The summed E-state index contributed by atoms with van der Waals surface area (Å²) >= 11 is 0. The third kappa shape index (κ3) is 5.04. The van der Waals surface area contributed by atoms with Crippen molar-refractivity contribution in [2.24, 2.45) is 0 Å². The maximum absolute atomic E-state index is 5.02. The molecule has 5 heteroatoms. The van der Waals surface area contributed by atoms with Crippen LogP contribution in [0.25, 0.3) is 0 Å². The van der Waals surface area contributed by atoms with E-state index >= 15 is 0 Å². The predicted molar refractivity (Wildman–Crippen MR) is 86.1 cm³/mol. The molecule has 0 aliphatic heterocycles. The van der Waals surface area contributed by atoms with E-state index in [2.05, 4.69) is 51.8 Å². The summed E-state index contributed by atoms with van der Waals surface area (Å²) in [6.45, 7) is 3.72. The third-order valence-electron chi connectivity index (χ3n) is 3.13. The average Bonchev–Trinajstić information content (AvgIpc) is 2.53. The monoisotopic (exact) mass is 286 g/mol. The molecule has 0 spiro atoms. The van der Waals surface area contributed by atoms with Crippen molar-refractivity contribution in [3.8, 4) is 0 Å². The number of hydrogen-bond donors (Lipinski definition) is 2. The van der Waals surface area contributed by atoms with E-state index in [1.807, 2.05) is 6.07 Å². The summed E-state index contributed by atoms with van der Waals surface area (Å²) in [6.07, 6.45) is 3.55. The molecule has 21 heavy (non-hydrogen) atoms. The van der Waals surface area contributed by atoms with Crippen molar-refractivity contribution >= 4 is 17.3 Å². The van der Waals surface area contributed by atoms with Crippen LogP contribution in [-0.2, 0) is 11.2 Å². The summed E-state index contributed by atoms with van der Waals surface area (Å²) in [4.78, 5) is 8.44. The van der Waals surface area contributed by atoms with Gasteiger partial charge in [0.05, 0.1) is 0 Å². The van der Waals surface area contributed by atoms with Crippen LogP contribution in [0, 0.1) is 0 Å². The highest BCUT2D eigenvalue weighted by atomic mass is 16.5. The normalized spacial score (nSPS) is 10.4. The number of aromatic nitrogens is 2. The Labute approximate surface area is 125 Å². The molecule has 0 fully saturated rings. The summed E-state index contributed by atoms with van der Waals surface area (Å²) < 4.78 is 5.02. The molecule has 2 rings (SSSR count). The van der Waals surface area contributed by atoms with Crippen LogP contribution >= 0.6 is 0 Å². The number of nitrogens with zero attached hydrogens (tertiary/aromatic N) is 2. The van der Waals surface area contributed by atoms with Crippen molar-refractivity contribution in [3.05, 3.63) is 42.2 Å². The van der Waals surface area contributed by atoms with Crippen LogP contribution in [0.15, 0.2) is 36.7 Å². The van der Waals surface area contributed by atoms with E-state index < -0.39 is 0 Å². The van der Waals surface area contributed by atoms with E-state index in [-0.39, 0.29) is 0 Å². The second kappa shape index (κ2) is 8.21. The van der Waals surface area contributed by atoms with Crippen LogP contribution in [0.4, 0.5) is 17.3 Å². The molecular weight excluding hydrogens is 264 g/mol. The zero-order valence-corrected chi connectivity index (χ0v) is 12.6. The number of methoxy groups -OCH3 is 1. The molecule has 0 aliphatic carbocycles. The van der Waals surface area contributed by atoms with Crippen molar-refractivity contribution in [1.29, 1.82) is 0 Å². The summed E-state index contributed by atoms with van der Waals surface area (Å²) in [7, 11) is 1.70. The second-order valence-electron chi connectivity index (χ2n) is 4.74. The van der Waals surface area contributed by atoms with Crippen LogP contribution in [0.3, 0.4) is 0 Å². The van der Waals surface area contributed by atoms with Gasteiger partial charge in [0.25, 0.3) is 0 Å². The molecule has 0 unspecified atom stereocenters. The molecule has 1 aromatic heterocycles. The van der Waals surface area contributed by atoms with Crippen molar-refractivity contribution in [2.45, 2.75) is 19.8 Å². The molecular formula is C16H22N4O. The molecule has 1 aromatic carbocycles. The number of hydrogen-bond acceptors (Lipinski definition) is 5. The van der Waals surface area contributed by atoms with Crippen molar-refractivity contribution in [2.75, 3.05) is 30.9 Å². The SMILES string of the molecule is CCc1ccc(Nc2cc(NCCCOC)ncn2)cc1. The number of benzene rings is 1. The third-order valence-corrected chi connectivity index (χ3v) is 3.13. The Morgan fingerprint density at radius 2 is 1.86 bits per heavy atom. The minimum absolute atomic E-state index is 0.743. The topological polar surface area (TPSA) is 59.1 Å². The molecule has 1 heterocycles. The first-order valence-corrected chi connectivity index (χ1v) is 7.22. The van der Waals surface area contributed by atoms with Gasteiger partial charge in [0.15, 0.2) is 0 Å². The van der Waals surface area contributed by atoms with Gasteiger partial charge in [-0.1, -0.05) is 19.1 Å².